The number of rotatable bonds is 3. The lowest BCUT2D eigenvalue weighted by Gasteiger charge is -1.94. The maximum Gasteiger partial charge on any atom is 0.338 e. The average molecular weight is 144 g/mol. The molecule has 0 aromatic rings. The predicted octanol–water partition coefficient (Wildman–Crippen LogP) is -0.484. The Morgan fingerprint density at radius 1 is 1.80 bits per heavy atom. The molecule has 0 amide bonds. The molecule has 4 nitrogen and oxygen atoms in total. The summed E-state index contributed by atoms with van der Waals surface area (Å²) >= 11 is 0. The van der Waals surface area contributed by atoms with Gasteiger partial charge in [-0.05, 0) is 6.92 Å². The number of hydrogen-bond donors (Lipinski definition) is 0. The zero-order valence-corrected chi connectivity index (χ0v) is 5.57. The first-order valence-electron chi connectivity index (χ1n) is 3.07. The van der Waals surface area contributed by atoms with Gasteiger partial charge in [0.2, 0.25) is 0 Å². The van der Waals surface area contributed by atoms with Crippen LogP contribution in [0.2, 0.25) is 0 Å². The number of hydrogen-bond acceptors (Lipinski definition) is 4. The lowest BCUT2D eigenvalue weighted by Crippen LogP contribution is -2.13. The SMILES string of the molecule is CCOC(=O)C1OC1C=O. The summed E-state index contributed by atoms with van der Waals surface area (Å²) < 4.78 is 9.21. The Labute approximate surface area is 58.1 Å². The van der Waals surface area contributed by atoms with E-state index < -0.39 is 18.2 Å². The van der Waals surface area contributed by atoms with E-state index in [1.165, 1.54) is 0 Å². The minimum Gasteiger partial charge on any atom is -0.464 e. The third-order valence-electron chi connectivity index (χ3n) is 1.18. The third-order valence-corrected chi connectivity index (χ3v) is 1.18. The summed E-state index contributed by atoms with van der Waals surface area (Å²) in [6, 6.07) is 0. The summed E-state index contributed by atoms with van der Waals surface area (Å²) in [6.07, 6.45) is -0.585. The van der Waals surface area contributed by atoms with Crippen LogP contribution < -0.4 is 0 Å². The number of epoxide rings is 1. The van der Waals surface area contributed by atoms with Crippen LogP contribution in [-0.4, -0.2) is 31.1 Å². The van der Waals surface area contributed by atoms with E-state index in [4.69, 9.17) is 0 Å². The molecule has 1 fully saturated rings. The lowest BCUT2D eigenvalue weighted by atomic mass is 10.3. The van der Waals surface area contributed by atoms with Crippen molar-refractivity contribution in [1.82, 2.24) is 0 Å². The van der Waals surface area contributed by atoms with Crippen LogP contribution in [-0.2, 0) is 19.1 Å². The second-order valence-corrected chi connectivity index (χ2v) is 1.91. The van der Waals surface area contributed by atoms with Crippen molar-refractivity contribution in [3.8, 4) is 0 Å². The topological polar surface area (TPSA) is 55.9 Å². The van der Waals surface area contributed by atoms with Gasteiger partial charge in [0.05, 0.1) is 6.61 Å². The zero-order valence-electron chi connectivity index (χ0n) is 5.57. The van der Waals surface area contributed by atoms with Crippen LogP contribution in [0.4, 0.5) is 0 Å². The highest BCUT2D eigenvalue weighted by Crippen LogP contribution is 2.20. The van der Waals surface area contributed by atoms with Gasteiger partial charge >= 0.3 is 5.97 Å². The van der Waals surface area contributed by atoms with Gasteiger partial charge in [0.15, 0.2) is 18.5 Å². The van der Waals surface area contributed by atoms with Gasteiger partial charge in [-0.1, -0.05) is 0 Å². The Morgan fingerprint density at radius 2 is 2.50 bits per heavy atom. The van der Waals surface area contributed by atoms with Crippen molar-refractivity contribution in [3.05, 3.63) is 0 Å². The Bertz CT molecular complexity index is 154. The normalized spacial score (nSPS) is 29.3. The van der Waals surface area contributed by atoms with E-state index in [-0.39, 0.29) is 0 Å². The molecule has 10 heavy (non-hydrogen) atoms. The molecule has 0 N–H and O–H groups in total. The Kier molecular flexibility index (Phi) is 2.01. The van der Waals surface area contributed by atoms with Crippen molar-refractivity contribution >= 4 is 12.3 Å². The van der Waals surface area contributed by atoms with Crippen LogP contribution in [0.5, 0.6) is 0 Å². The van der Waals surface area contributed by atoms with Crippen molar-refractivity contribution in [1.29, 1.82) is 0 Å². The fourth-order valence-electron chi connectivity index (χ4n) is 0.641. The largest absolute Gasteiger partial charge is 0.464 e. The van der Waals surface area contributed by atoms with E-state index in [9.17, 15) is 9.59 Å². The molecule has 1 aliphatic heterocycles. The summed E-state index contributed by atoms with van der Waals surface area (Å²) in [5.74, 6) is -0.445. The van der Waals surface area contributed by atoms with Crippen molar-refractivity contribution < 1.29 is 19.1 Å². The summed E-state index contributed by atoms with van der Waals surface area (Å²) in [5, 5.41) is 0. The summed E-state index contributed by atoms with van der Waals surface area (Å²) in [4.78, 5) is 20.6. The molecule has 2 unspecified atom stereocenters. The van der Waals surface area contributed by atoms with Gasteiger partial charge in [-0.2, -0.15) is 0 Å². The Balaban J connectivity index is 2.25. The van der Waals surface area contributed by atoms with E-state index in [0.717, 1.165) is 0 Å². The summed E-state index contributed by atoms with van der Waals surface area (Å²) in [5.41, 5.74) is 0. The molecular weight excluding hydrogens is 136 g/mol. The van der Waals surface area contributed by atoms with Gasteiger partial charge in [-0.3, -0.25) is 0 Å². The highest BCUT2D eigenvalue weighted by molar-refractivity contribution is 5.84. The molecule has 4 heteroatoms. The fraction of sp³-hybridized carbons (Fsp3) is 0.667. The number of aldehydes is 1. The van der Waals surface area contributed by atoms with E-state index in [1.54, 1.807) is 6.92 Å². The van der Waals surface area contributed by atoms with E-state index in [2.05, 4.69) is 9.47 Å². The Hall–Kier alpha value is -0.900. The third kappa shape index (κ3) is 1.33. The summed E-state index contributed by atoms with van der Waals surface area (Å²) in [7, 11) is 0. The van der Waals surface area contributed by atoms with Crippen LogP contribution >= 0.6 is 0 Å². The molecule has 0 aromatic carbocycles. The van der Waals surface area contributed by atoms with Gasteiger partial charge in [0, 0.05) is 0 Å². The maximum absolute atomic E-state index is 10.7. The average Bonchev–Trinajstić information content (AvgIpc) is 2.66. The number of ether oxygens (including phenoxy) is 2. The summed E-state index contributed by atoms with van der Waals surface area (Å²) in [6.45, 7) is 2.03. The molecule has 0 saturated carbocycles. The molecule has 0 bridgehead atoms. The van der Waals surface area contributed by atoms with Crippen LogP contribution in [0.3, 0.4) is 0 Å². The first-order valence-corrected chi connectivity index (χ1v) is 3.07. The van der Waals surface area contributed by atoms with Crippen molar-refractivity contribution in [3.63, 3.8) is 0 Å². The van der Waals surface area contributed by atoms with Crippen LogP contribution in [0.25, 0.3) is 0 Å². The van der Waals surface area contributed by atoms with Crippen molar-refractivity contribution in [2.24, 2.45) is 0 Å². The quantitative estimate of drug-likeness (QED) is 0.305. The second-order valence-electron chi connectivity index (χ2n) is 1.91. The standard InChI is InChI=1S/C6H8O4/c1-2-9-6(8)5-4(3-7)10-5/h3-5H,2H2,1H3. The predicted molar refractivity (Wildman–Crippen MR) is 31.4 cm³/mol. The minimum atomic E-state index is -0.627. The molecule has 0 aliphatic carbocycles. The van der Waals surface area contributed by atoms with Crippen LogP contribution in [0.15, 0.2) is 0 Å². The van der Waals surface area contributed by atoms with Crippen LogP contribution in [0, 0.1) is 0 Å². The molecule has 1 saturated heterocycles. The first-order chi connectivity index (χ1) is 4.79. The van der Waals surface area contributed by atoms with E-state index in [0.29, 0.717) is 12.9 Å². The van der Waals surface area contributed by atoms with Crippen molar-refractivity contribution in [2.75, 3.05) is 6.61 Å². The van der Waals surface area contributed by atoms with Gasteiger partial charge in [-0.25, -0.2) is 4.79 Å². The van der Waals surface area contributed by atoms with Gasteiger partial charge < -0.3 is 14.3 Å². The first kappa shape index (κ1) is 7.21. The van der Waals surface area contributed by atoms with E-state index >= 15 is 0 Å². The molecular formula is C6H8O4. The maximum atomic E-state index is 10.7. The molecule has 1 heterocycles. The van der Waals surface area contributed by atoms with Gasteiger partial charge in [0.25, 0.3) is 0 Å². The number of carbonyl (C=O) groups is 2. The van der Waals surface area contributed by atoms with E-state index in [1.807, 2.05) is 0 Å². The molecule has 0 spiro atoms. The molecule has 56 valence electrons. The van der Waals surface area contributed by atoms with Crippen molar-refractivity contribution in [2.45, 2.75) is 19.1 Å². The molecule has 0 aromatic heterocycles. The number of esters is 1. The lowest BCUT2D eigenvalue weighted by molar-refractivity contribution is -0.144. The monoisotopic (exact) mass is 144 g/mol. The molecule has 2 atom stereocenters. The number of carbonyl (C=O) groups excluding carboxylic acids is 2. The minimum absolute atomic E-state index is 0.324. The Morgan fingerprint density at radius 3 is 2.90 bits per heavy atom. The highest BCUT2D eigenvalue weighted by Gasteiger charge is 2.46. The smallest absolute Gasteiger partial charge is 0.338 e. The van der Waals surface area contributed by atoms with Gasteiger partial charge in [-0.15, -0.1) is 0 Å². The zero-order chi connectivity index (χ0) is 7.56. The molecule has 1 aliphatic rings. The molecule has 1 rings (SSSR count). The molecule has 0 radical (unpaired) electrons. The fourth-order valence-corrected chi connectivity index (χ4v) is 0.641. The highest BCUT2D eigenvalue weighted by atomic mass is 16.6. The van der Waals surface area contributed by atoms with Crippen LogP contribution in [0.1, 0.15) is 6.92 Å². The second kappa shape index (κ2) is 2.79. The van der Waals surface area contributed by atoms with Gasteiger partial charge in [0.1, 0.15) is 0 Å².